The summed E-state index contributed by atoms with van der Waals surface area (Å²) in [6.07, 6.45) is 0. The number of hydrogen-bond acceptors (Lipinski definition) is 4. The van der Waals surface area contributed by atoms with Crippen molar-refractivity contribution in [3.63, 3.8) is 0 Å². The lowest BCUT2D eigenvalue weighted by Gasteiger charge is -2.28. The third-order valence-corrected chi connectivity index (χ3v) is 4.45. The van der Waals surface area contributed by atoms with Crippen molar-refractivity contribution in [3.05, 3.63) is 28.8 Å². The summed E-state index contributed by atoms with van der Waals surface area (Å²) in [5.41, 5.74) is 2.80. The molecule has 0 aromatic heterocycles. The van der Waals surface area contributed by atoms with Crippen LogP contribution in [0.25, 0.3) is 0 Å². The average molecular weight is 428 g/mol. The number of aryl methyl sites for hydroxylation is 2. The predicted octanol–water partition coefficient (Wildman–Crippen LogP) is 3.96. The van der Waals surface area contributed by atoms with Gasteiger partial charge >= 0.3 is 5.96 Å². The van der Waals surface area contributed by atoms with Crippen LogP contribution in [-0.2, 0) is 20.1 Å². The van der Waals surface area contributed by atoms with E-state index in [2.05, 4.69) is 43.5 Å². The van der Waals surface area contributed by atoms with Crippen molar-refractivity contribution in [3.8, 4) is 0 Å². The number of nitrogens with one attached hydrogen (secondary N) is 2. The van der Waals surface area contributed by atoms with E-state index in [0.29, 0.717) is 0 Å². The van der Waals surface area contributed by atoms with E-state index >= 15 is 0 Å². The van der Waals surface area contributed by atoms with Gasteiger partial charge in [0.25, 0.3) is 10.4 Å². The first-order valence-electron chi connectivity index (χ1n) is 9.70. The van der Waals surface area contributed by atoms with E-state index in [1.54, 1.807) is 20.8 Å². The maximum absolute atomic E-state index is 11.4. The standard InChI is InChI=1S/C21H37N3O4S/c1-14-12-16(19(3,4)5)13-15(2)17(14)22-18(23-20(6,7)8)24(21(9,10)11)28-29(25,26)27/h12-13H,1-11H3,(H2,22,23,25,26,27). The third kappa shape index (κ3) is 7.85. The highest BCUT2D eigenvalue weighted by Gasteiger charge is 2.33. The van der Waals surface area contributed by atoms with Crippen LogP contribution in [0.2, 0.25) is 0 Å². The molecule has 1 aromatic rings. The van der Waals surface area contributed by atoms with Gasteiger partial charge in [0.1, 0.15) is 11.2 Å². The molecule has 8 heteroatoms. The summed E-state index contributed by atoms with van der Waals surface area (Å²) in [4.78, 5) is 0. The summed E-state index contributed by atoms with van der Waals surface area (Å²) in [6.45, 7) is 21.5. The van der Waals surface area contributed by atoms with Crippen molar-refractivity contribution in [2.75, 3.05) is 5.32 Å². The Labute approximate surface area is 176 Å². The first kappa shape index (κ1) is 25.2. The maximum atomic E-state index is 11.4. The largest absolute Gasteiger partial charge is 0.713 e. The Morgan fingerprint density at radius 2 is 1.41 bits per heavy atom. The highest BCUT2D eigenvalue weighted by atomic mass is 32.3. The number of anilines is 1. The van der Waals surface area contributed by atoms with Gasteiger partial charge in [0, 0.05) is 0 Å². The Hall–Kier alpha value is -1.80. The predicted molar refractivity (Wildman–Crippen MR) is 117 cm³/mol. The second kappa shape index (κ2) is 8.14. The van der Waals surface area contributed by atoms with Crippen LogP contribution in [0.1, 0.15) is 79.0 Å². The maximum Gasteiger partial charge on any atom is 0.389 e. The lowest BCUT2D eigenvalue weighted by molar-refractivity contribution is -0.795. The lowest BCUT2D eigenvalue weighted by Crippen LogP contribution is -2.53. The molecule has 0 fully saturated rings. The fourth-order valence-electron chi connectivity index (χ4n) is 2.78. The van der Waals surface area contributed by atoms with E-state index in [1.165, 1.54) is 5.56 Å². The van der Waals surface area contributed by atoms with E-state index in [0.717, 1.165) is 21.6 Å². The fraction of sp³-hybridized carbons (Fsp3) is 0.667. The summed E-state index contributed by atoms with van der Waals surface area (Å²) in [5.74, 6) is 0.277. The number of hydrogen-bond donors (Lipinski definition) is 2. The smallest absolute Gasteiger partial charge is 0.389 e. The van der Waals surface area contributed by atoms with Gasteiger partial charge in [-0.2, -0.15) is 8.42 Å². The van der Waals surface area contributed by atoms with Gasteiger partial charge in [0.15, 0.2) is 0 Å². The Morgan fingerprint density at radius 3 is 1.72 bits per heavy atom. The van der Waals surface area contributed by atoms with Gasteiger partial charge in [0.05, 0.1) is 5.54 Å². The van der Waals surface area contributed by atoms with Crippen LogP contribution in [0.4, 0.5) is 5.69 Å². The first-order valence-corrected chi connectivity index (χ1v) is 11.0. The highest BCUT2D eigenvalue weighted by Crippen LogP contribution is 2.29. The van der Waals surface area contributed by atoms with Crippen LogP contribution in [0.3, 0.4) is 0 Å². The molecule has 0 heterocycles. The molecule has 1 rings (SSSR count). The van der Waals surface area contributed by atoms with Gasteiger partial charge in [-0.15, -0.1) is 0 Å². The Kier molecular flexibility index (Phi) is 7.09. The Bertz CT molecular complexity index is 861. The summed E-state index contributed by atoms with van der Waals surface area (Å²) >= 11 is 0. The SMILES string of the molecule is Cc1cc(C(C)(C)C)cc(C)c1N/C(NC(C)(C)C)=[N+](/OS(=O)(=O)[O-])C(C)(C)C. The lowest BCUT2D eigenvalue weighted by atomic mass is 9.85. The molecule has 29 heavy (non-hydrogen) atoms. The van der Waals surface area contributed by atoms with Crippen molar-refractivity contribution in [1.82, 2.24) is 5.32 Å². The number of benzene rings is 1. The fourth-order valence-corrected chi connectivity index (χ4v) is 3.26. The molecule has 0 spiro atoms. The zero-order valence-corrected chi connectivity index (χ0v) is 20.5. The van der Waals surface area contributed by atoms with E-state index < -0.39 is 21.5 Å². The van der Waals surface area contributed by atoms with Gasteiger partial charge in [-0.05, 0) is 77.5 Å². The van der Waals surface area contributed by atoms with Gasteiger partial charge < -0.3 is 4.55 Å². The van der Waals surface area contributed by atoms with Crippen LogP contribution in [0.5, 0.6) is 0 Å². The molecule has 0 saturated heterocycles. The minimum Gasteiger partial charge on any atom is -0.713 e. The van der Waals surface area contributed by atoms with E-state index in [-0.39, 0.29) is 11.4 Å². The molecule has 0 aliphatic carbocycles. The van der Waals surface area contributed by atoms with Gasteiger partial charge in [-0.1, -0.05) is 37.6 Å². The van der Waals surface area contributed by atoms with Gasteiger partial charge in [-0.25, -0.2) is 9.60 Å². The normalized spacial score (nSPS) is 14.3. The van der Waals surface area contributed by atoms with Crippen LogP contribution in [0.15, 0.2) is 12.1 Å². The number of rotatable bonds is 3. The molecular weight excluding hydrogens is 390 g/mol. The molecule has 1 aromatic carbocycles. The molecule has 0 saturated carbocycles. The molecule has 0 amide bonds. The second-order valence-electron chi connectivity index (χ2n) is 10.5. The molecule has 0 unspecified atom stereocenters. The van der Waals surface area contributed by atoms with Crippen LogP contribution in [-0.4, -0.2) is 34.7 Å². The van der Waals surface area contributed by atoms with Crippen molar-refractivity contribution in [1.29, 1.82) is 0 Å². The number of nitrogens with zero attached hydrogens (tertiary/aromatic N) is 1. The minimum absolute atomic E-state index is 0.00143. The van der Waals surface area contributed by atoms with Crippen LogP contribution >= 0.6 is 0 Å². The van der Waals surface area contributed by atoms with Crippen LogP contribution in [0, 0.1) is 13.8 Å². The zero-order valence-electron chi connectivity index (χ0n) is 19.6. The molecule has 7 nitrogen and oxygen atoms in total. The Morgan fingerprint density at radius 1 is 0.966 bits per heavy atom. The van der Waals surface area contributed by atoms with Crippen molar-refractivity contribution in [2.45, 2.75) is 92.7 Å². The van der Waals surface area contributed by atoms with Gasteiger partial charge in [0.2, 0.25) is 0 Å². The minimum atomic E-state index is -4.97. The molecule has 166 valence electrons. The van der Waals surface area contributed by atoms with Crippen molar-refractivity contribution < 1.29 is 22.0 Å². The summed E-state index contributed by atoms with van der Waals surface area (Å²) in [7, 11) is -4.97. The molecule has 0 aliphatic heterocycles. The molecule has 0 aliphatic rings. The molecule has 0 atom stereocenters. The summed E-state index contributed by atoms with van der Waals surface area (Å²) in [5, 5.41) is 6.52. The zero-order chi connectivity index (χ0) is 23.0. The third-order valence-electron chi connectivity index (χ3n) is 4.11. The van der Waals surface area contributed by atoms with Crippen molar-refractivity contribution >= 4 is 22.0 Å². The molecule has 0 bridgehead atoms. The average Bonchev–Trinajstić information content (AvgIpc) is 2.43. The van der Waals surface area contributed by atoms with E-state index in [4.69, 9.17) is 4.28 Å². The summed E-state index contributed by atoms with van der Waals surface area (Å²) in [6, 6.07) is 4.22. The number of hydroxylamine groups is 1. The van der Waals surface area contributed by atoms with E-state index in [1.807, 2.05) is 34.6 Å². The molecule has 2 N–H and O–H groups in total. The topological polar surface area (TPSA) is 93.5 Å². The quantitative estimate of drug-likeness (QED) is 0.189. The Balaban J connectivity index is 3.66. The van der Waals surface area contributed by atoms with E-state index in [9.17, 15) is 13.0 Å². The second-order valence-corrected chi connectivity index (χ2v) is 11.5. The molecular formula is C21H37N3O4S. The van der Waals surface area contributed by atoms with Crippen molar-refractivity contribution in [2.24, 2.45) is 0 Å². The summed E-state index contributed by atoms with van der Waals surface area (Å²) < 4.78 is 40.1. The first-order chi connectivity index (χ1) is 12.7. The van der Waals surface area contributed by atoms with Crippen LogP contribution < -0.4 is 10.6 Å². The monoisotopic (exact) mass is 427 g/mol. The highest BCUT2D eigenvalue weighted by molar-refractivity contribution is 7.80. The number of guanidine groups is 1. The molecule has 0 radical (unpaired) electrons. The van der Waals surface area contributed by atoms with Gasteiger partial charge in [-0.3, -0.25) is 5.32 Å².